The molecule has 0 radical (unpaired) electrons. The molecule has 0 unspecified atom stereocenters. The maximum Gasteiger partial charge on any atom is 0.255 e. The van der Waals surface area contributed by atoms with Crippen molar-refractivity contribution < 1.29 is 4.79 Å². The molecule has 0 saturated carbocycles. The first-order valence-electron chi connectivity index (χ1n) is 6.14. The summed E-state index contributed by atoms with van der Waals surface area (Å²) >= 11 is 6.19. The minimum atomic E-state index is 0.0746. The van der Waals surface area contributed by atoms with Crippen molar-refractivity contribution in [1.29, 1.82) is 0 Å². The number of halogens is 1. The summed E-state index contributed by atoms with van der Waals surface area (Å²) in [5.41, 5.74) is 1.60. The Morgan fingerprint density at radius 1 is 1.35 bits per heavy atom. The molecule has 1 aromatic carbocycles. The Morgan fingerprint density at radius 3 is 2.65 bits per heavy atom. The second-order valence-electron chi connectivity index (χ2n) is 4.91. The quantitative estimate of drug-likeness (QED) is 0.748. The van der Waals surface area contributed by atoms with Crippen molar-refractivity contribution in [3.8, 4) is 0 Å². The number of carbonyl (C=O) groups is 1. The molecular formula is C14H18ClNO. The van der Waals surface area contributed by atoms with Gasteiger partial charge in [-0.3, -0.25) is 4.79 Å². The number of aryl methyl sites for hydroxylation is 1. The minimum absolute atomic E-state index is 0.0746. The van der Waals surface area contributed by atoms with Gasteiger partial charge in [0.2, 0.25) is 0 Å². The van der Waals surface area contributed by atoms with Gasteiger partial charge in [-0.15, -0.1) is 0 Å². The molecule has 2 rings (SSSR count). The second kappa shape index (κ2) is 5.09. The van der Waals surface area contributed by atoms with Gasteiger partial charge in [0.15, 0.2) is 0 Å². The van der Waals surface area contributed by atoms with Crippen LogP contribution in [0.1, 0.15) is 35.7 Å². The van der Waals surface area contributed by atoms with Crippen LogP contribution in [0.25, 0.3) is 0 Å². The van der Waals surface area contributed by atoms with E-state index in [2.05, 4.69) is 6.92 Å². The van der Waals surface area contributed by atoms with Gasteiger partial charge in [0.1, 0.15) is 0 Å². The highest BCUT2D eigenvalue weighted by Gasteiger charge is 2.23. The van der Waals surface area contributed by atoms with Crippen LogP contribution in [0, 0.1) is 12.8 Å². The average Bonchev–Trinajstić information content (AvgIpc) is 2.33. The molecule has 2 nitrogen and oxygen atoms in total. The Morgan fingerprint density at radius 2 is 2.00 bits per heavy atom. The summed E-state index contributed by atoms with van der Waals surface area (Å²) in [6.45, 7) is 5.87. The van der Waals surface area contributed by atoms with Crippen LogP contribution in [0.4, 0.5) is 0 Å². The number of benzene rings is 1. The fourth-order valence-corrected chi connectivity index (χ4v) is 2.40. The van der Waals surface area contributed by atoms with Crippen LogP contribution in [-0.2, 0) is 0 Å². The molecular weight excluding hydrogens is 234 g/mol. The van der Waals surface area contributed by atoms with Crippen LogP contribution >= 0.6 is 11.6 Å². The van der Waals surface area contributed by atoms with Gasteiger partial charge in [0, 0.05) is 13.1 Å². The lowest BCUT2D eigenvalue weighted by Gasteiger charge is -2.30. The molecule has 0 atom stereocenters. The summed E-state index contributed by atoms with van der Waals surface area (Å²) in [6.07, 6.45) is 2.18. The lowest BCUT2D eigenvalue weighted by atomic mass is 9.98. The topological polar surface area (TPSA) is 20.3 Å². The van der Waals surface area contributed by atoms with Crippen molar-refractivity contribution in [3.63, 3.8) is 0 Å². The zero-order valence-corrected chi connectivity index (χ0v) is 11.1. The van der Waals surface area contributed by atoms with Crippen LogP contribution in [-0.4, -0.2) is 23.9 Å². The van der Waals surface area contributed by atoms with Crippen LogP contribution < -0.4 is 0 Å². The van der Waals surface area contributed by atoms with Gasteiger partial charge in [-0.1, -0.05) is 30.7 Å². The van der Waals surface area contributed by atoms with Crippen molar-refractivity contribution in [1.82, 2.24) is 4.90 Å². The highest BCUT2D eigenvalue weighted by molar-refractivity contribution is 6.34. The Bertz CT molecular complexity index is 422. The number of amides is 1. The summed E-state index contributed by atoms with van der Waals surface area (Å²) in [5, 5.41) is 0.594. The van der Waals surface area contributed by atoms with Crippen molar-refractivity contribution in [2.45, 2.75) is 26.7 Å². The summed E-state index contributed by atoms with van der Waals surface area (Å²) in [7, 11) is 0. The molecule has 0 aromatic heterocycles. The van der Waals surface area contributed by atoms with Crippen molar-refractivity contribution >= 4 is 17.5 Å². The lowest BCUT2D eigenvalue weighted by molar-refractivity contribution is 0.0697. The first-order valence-corrected chi connectivity index (χ1v) is 6.51. The zero-order chi connectivity index (χ0) is 12.4. The molecule has 0 aliphatic carbocycles. The third-order valence-electron chi connectivity index (χ3n) is 3.49. The van der Waals surface area contributed by atoms with E-state index in [4.69, 9.17) is 11.6 Å². The maximum atomic E-state index is 12.3. The highest BCUT2D eigenvalue weighted by atomic mass is 35.5. The predicted molar refractivity (Wildman–Crippen MR) is 70.5 cm³/mol. The van der Waals surface area contributed by atoms with Gasteiger partial charge in [0.25, 0.3) is 5.91 Å². The summed E-state index contributed by atoms with van der Waals surface area (Å²) < 4.78 is 0. The van der Waals surface area contributed by atoms with Gasteiger partial charge < -0.3 is 4.90 Å². The van der Waals surface area contributed by atoms with Crippen LogP contribution in [0.5, 0.6) is 0 Å². The van der Waals surface area contributed by atoms with Gasteiger partial charge >= 0.3 is 0 Å². The SMILES string of the molecule is Cc1cccc(C(=O)N2CCC(C)CC2)c1Cl. The van der Waals surface area contributed by atoms with Gasteiger partial charge in [-0.05, 0) is 37.3 Å². The average molecular weight is 252 g/mol. The van der Waals surface area contributed by atoms with Crippen molar-refractivity contribution in [2.24, 2.45) is 5.92 Å². The van der Waals surface area contributed by atoms with E-state index in [1.54, 1.807) is 0 Å². The molecule has 0 N–H and O–H groups in total. The standard InChI is InChI=1S/C14H18ClNO/c1-10-6-8-16(9-7-10)14(17)12-5-3-4-11(2)13(12)15/h3-5,10H,6-9H2,1-2H3. The smallest absolute Gasteiger partial charge is 0.255 e. The molecule has 3 heteroatoms. The molecule has 1 amide bonds. The lowest BCUT2D eigenvalue weighted by Crippen LogP contribution is -2.38. The van der Waals surface area contributed by atoms with Crippen molar-refractivity contribution in [2.75, 3.05) is 13.1 Å². The molecule has 1 aliphatic heterocycles. The van der Waals surface area contributed by atoms with E-state index >= 15 is 0 Å². The van der Waals surface area contributed by atoms with Crippen LogP contribution in [0.2, 0.25) is 5.02 Å². The Labute approximate surface area is 108 Å². The van der Waals surface area contributed by atoms with Crippen molar-refractivity contribution in [3.05, 3.63) is 34.3 Å². The summed E-state index contributed by atoms with van der Waals surface area (Å²) in [6, 6.07) is 5.63. The third kappa shape index (κ3) is 2.63. The number of nitrogens with zero attached hydrogens (tertiary/aromatic N) is 1. The number of rotatable bonds is 1. The fraction of sp³-hybridized carbons (Fsp3) is 0.500. The number of piperidine rings is 1. The normalized spacial score (nSPS) is 17.2. The minimum Gasteiger partial charge on any atom is -0.339 e. The first kappa shape index (κ1) is 12.4. The summed E-state index contributed by atoms with van der Waals surface area (Å²) in [5.74, 6) is 0.803. The third-order valence-corrected chi connectivity index (χ3v) is 3.99. The van der Waals surface area contributed by atoms with Gasteiger partial charge in [0.05, 0.1) is 10.6 Å². The highest BCUT2D eigenvalue weighted by Crippen LogP contribution is 2.24. The molecule has 1 aromatic rings. The number of hydrogen-bond acceptors (Lipinski definition) is 1. The van der Waals surface area contributed by atoms with Gasteiger partial charge in [-0.2, -0.15) is 0 Å². The number of hydrogen-bond donors (Lipinski definition) is 0. The zero-order valence-electron chi connectivity index (χ0n) is 10.4. The fourth-order valence-electron chi connectivity index (χ4n) is 2.19. The van der Waals surface area contributed by atoms with E-state index in [9.17, 15) is 4.79 Å². The largest absolute Gasteiger partial charge is 0.339 e. The van der Waals surface area contributed by atoms with E-state index in [-0.39, 0.29) is 5.91 Å². The maximum absolute atomic E-state index is 12.3. The summed E-state index contributed by atoms with van der Waals surface area (Å²) in [4.78, 5) is 14.2. The molecule has 0 spiro atoms. The Kier molecular flexibility index (Phi) is 3.72. The second-order valence-corrected chi connectivity index (χ2v) is 5.29. The van der Waals surface area contributed by atoms with E-state index in [1.165, 1.54) is 0 Å². The molecule has 1 heterocycles. The van der Waals surface area contributed by atoms with Gasteiger partial charge in [-0.25, -0.2) is 0 Å². The number of likely N-dealkylation sites (tertiary alicyclic amines) is 1. The Balaban J connectivity index is 2.17. The molecule has 17 heavy (non-hydrogen) atoms. The van der Waals surface area contributed by atoms with E-state index in [1.807, 2.05) is 30.0 Å². The number of carbonyl (C=O) groups excluding carboxylic acids is 1. The first-order chi connectivity index (χ1) is 8.09. The van der Waals surface area contributed by atoms with E-state index < -0.39 is 0 Å². The predicted octanol–water partition coefficient (Wildman–Crippen LogP) is 3.52. The van der Waals surface area contributed by atoms with Crippen LogP contribution in [0.3, 0.4) is 0 Å². The monoisotopic (exact) mass is 251 g/mol. The van der Waals surface area contributed by atoms with Crippen LogP contribution in [0.15, 0.2) is 18.2 Å². The Hall–Kier alpha value is -1.02. The van der Waals surface area contributed by atoms with E-state index in [0.29, 0.717) is 10.6 Å². The molecule has 1 fully saturated rings. The molecule has 0 bridgehead atoms. The molecule has 1 saturated heterocycles. The molecule has 92 valence electrons. The molecule has 1 aliphatic rings. The van der Waals surface area contributed by atoms with E-state index in [0.717, 1.165) is 37.4 Å².